The molecule has 24 heavy (non-hydrogen) atoms. The molecule has 0 aliphatic heterocycles. The van der Waals surface area contributed by atoms with E-state index in [-0.39, 0.29) is 38.9 Å². The summed E-state index contributed by atoms with van der Waals surface area (Å²) in [5, 5.41) is 15.0. The van der Waals surface area contributed by atoms with Gasteiger partial charge in [0.2, 0.25) is 5.88 Å². The number of carboxylic acid groups (broad SMARTS) is 1. The first kappa shape index (κ1) is 18.1. The second kappa shape index (κ2) is 7.55. The minimum absolute atomic E-state index is 0.0168. The van der Waals surface area contributed by atoms with Crippen molar-refractivity contribution in [3.63, 3.8) is 0 Å². The van der Waals surface area contributed by atoms with Crippen molar-refractivity contribution < 1.29 is 19.4 Å². The summed E-state index contributed by atoms with van der Waals surface area (Å²) in [6, 6.07) is 4.26. The van der Waals surface area contributed by atoms with E-state index in [0.29, 0.717) is 5.56 Å². The van der Waals surface area contributed by atoms with Gasteiger partial charge in [-0.15, -0.1) is 5.10 Å². The van der Waals surface area contributed by atoms with Crippen LogP contribution in [0.4, 0.5) is 0 Å². The summed E-state index contributed by atoms with van der Waals surface area (Å²) in [6.07, 6.45) is 0. The van der Waals surface area contributed by atoms with Gasteiger partial charge in [-0.25, -0.2) is 9.89 Å². The number of hydrogen-bond acceptors (Lipinski definition) is 5. The lowest BCUT2D eigenvalue weighted by atomic mass is 10.1. The van der Waals surface area contributed by atoms with Gasteiger partial charge in [-0.05, 0) is 5.92 Å². The van der Waals surface area contributed by atoms with Gasteiger partial charge in [0.05, 0.1) is 10.0 Å². The fourth-order valence-corrected chi connectivity index (χ4v) is 2.39. The van der Waals surface area contributed by atoms with Crippen LogP contribution in [0.15, 0.2) is 23.0 Å². The monoisotopic (exact) mass is 372 g/mol. The lowest BCUT2D eigenvalue weighted by molar-refractivity contribution is -0.139. The minimum atomic E-state index is -1.12. The zero-order valence-corrected chi connectivity index (χ0v) is 14.3. The summed E-state index contributed by atoms with van der Waals surface area (Å²) < 4.78 is 10.6. The van der Waals surface area contributed by atoms with Gasteiger partial charge in [-0.3, -0.25) is 4.79 Å². The number of aromatic nitrogens is 2. The van der Waals surface area contributed by atoms with E-state index in [1.54, 1.807) is 0 Å². The molecule has 0 aliphatic rings. The van der Waals surface area contributed by atoms with Crippen molar-refractivity contribution in [2.45, 2.75) is 19.8 Å². The van der Waals surface area contributed by atoms with Crippen LogP contribution in [0, 0.1) is 0 Å². The Bertz CT molecular complexity index is 797. The predicted molar refractivity (Wildman–Crippen MR) is 88.6 cm³/mol. The fourth-order valence-electron chi connectivity index (χ4n) is 1.85. The third-order valence-electron chi connectivity index (χ3n) is 2.97. The van der Waals surface area contributed by atoms with Crippen molar-refractivity contribution in [1.82, 2.24) is 10.2 Å². The molecule has 2 aromatic rings. The van der Waals surface area contributed by atoms with Crippen LogP contribution in [-0.2, 0) is 4.79 Å². The number of ether oxygens (including phenoxy) is 2. The Morgan fingerprint density at radius 1 is 1.29 bits per heavy atom. The molecule has 0 saturated carbocycles. The van der Waals surface area contributed by atoms with Crippen LogP contribution >= 0.6 is 23.2 Å². The Morgan fingerprint density at radius 3 is 2.46 bits per heavy atom. The molecule has 0 spiro atoms. The lowest BCUT2D eigenvalue weighted by Crippen LogP contribution is -2.15. The van der Waals surface area contributed by atoms with Gasteiger partial charge < -0.3 is 14.6 Å². The van der Waals surface area contributed by atoms with Gasteiger partial charge in [0.25, 0.3) is 5.56 Å². The molecular weight excluding hydrogens is 359 g/mol. The zero-order chi connectivity index (χ0) is 17.9. The molecule has 7 nitrogen and oxygen atoms in total. The molecule has 0 amide bonds. The maximum Gasteiger partial charge on any atom is 0.341 e. The molecule has 2 N–H and O–H groups in total. The van der Waals surface area contributed by atoms with E-state index in [4.69, 9.17) is 37.8 Å². The number of halogens is 2. The molecule has 0 unspecified atom stereocenters. The maximum absolute atomic E-state index is 11.7. The summed E-state index contributed by atoms with van der Waals surface area (Å²) in [5.74, 6) is -0.702. The van der Waals surface area contributed by atoms with E-state index < -0.39 is 12.6 Å². The summed E-state index contributed by atoms with van der Waals surface area (Å²) in [7, 11) is 0. The minimum Gasteiger partial charge on any atom is -0.482 e. The van der Waals surface area contributed by atoms with E-state index in [0.717, 1.165) is 0 Å². The third kappa shape index (κ3) is 4.39. The van der Waals surface area contributed by atoms with Gasteiger partial charge in [-0.2, -0.15) is 0 Å². The number of carboxylic acids is 1. The number of nitrogens with one attached hydrogen (secondary N) is 1. The average Bonchev–Trinajstić information content (AvgIpc) is 2.50. The number of nitrogens with zero attached hydrogens (tertiary/aromatic N) is 1. The molecule has 2 rings (SSSR count). The van der Waals surface area contributed by atoms with Crippen molar-refractivity contribution in [1.29, 1.82) is 0 Å². The van der Waals surface area contributed by atoms with E-state index in [1.807, 2.05) is 13.8 Å². The topological polar surface area (TPSA) is 102 Å². The Hall–Kier alpha value is -2.25. The Balaban J connectivity index is 2.28. The summed E-state index contributed by atoms with van der Waals surface area (Å²) in [5.41, 5.74) is 0.209. The van der Waals surface area contributed by atoms with E-state index in [9.17, 15) is 9.59 Å². The molecule has 0 aliphatic carbocycles. The Morgan fingerprint density at radius 2 is 1.92 bits per heavy atom. The SMILES string of the molecule is CC(C)c1cc(Oc2c(Cl)cc(OCC(=O)O)cc2Cl)n[nH]c1=O. The number of hydrogen-bond donors (Lipinski definition) is 2. The highest BCUT2D eigenvalue weighted by Gasteiger charge is 2.15. The summed E-state index contributed by atoms with van der Waals surface area (Å²) >= 11 is 12.2. The molecule has 9 heteroatoms. The van der Waals surface area contributed by atoms with Gasteiger partial charge in [0.15, 0.2) is 12.4 Å². The highest BCUT2D eigenvalue weighted by molar-refractivity contribution is 6.37. The molecule has 1 heterocycles. The Kier molecular flexibility index (Phi) is 5.69. The van der Waals surface area contributed by atoms with E-state index in [1.165, 1.54) is 18.2 Å². The number of benzene rings is 1. The molecule has 0 atom stereocenters. The molecule has 128 valence electrons. The van der Waals surface area contributed by atoms with Crippen LogP contribution in [0.2, 0.25) is 10.0 Å². The quantitative estimate of drug-likeness (QED) is 0.804. The number of carbonyl (C=O) groups is 1. The third-order valence-corrected chi connectivity index (χ3v) is 3.53. The van der Waals surface area contributed by atoms with Gasteiger partial charge >= 0.3 is 5.97 Å². The number of H-pyrrole nitrogens is 1. The van der Waals surface area contributed by atoms with E-state index in [2.05, 4.69) is 10.2 Å². The lowest BCUT2D eigenvalue weighted by Gasteiger charge is -2.12. The molecule has 0 saturated heterocycles. The fraction of sp³-hybridized carbons (Fsp3) is 0.267. The number of aromatic amines is 1. The molecule has 0 fully saturated rings. The molecule has 0 radical (unpaired) electrons. The zero-order valence-electron chi connectivity index (χ0n) is 12.8. The molecule has 0 bridgehead atoms. The first-order chi connectivity index (χ1) is 11.3. The molecular formula is C15H14Cl2N2O5. The summed E-state index contributed by atoms with van der Waals surface area (Å²) in [6.45, 7) is 3.21. The maximum atomic E-state index is 11.7. The summed E-state index contributed by atoms with van der Waals surface area (Å²) in [4.78, 5) is 22.2. The van der Waals surface area contributed by atoms with Crippen LogP contribution < -0.4 is 15.0 Å². The largest absolute Gasteiger partial charge is 0.482 e. The van der Waals surface area contributed by atoms with Crippen LogP contribution in [0.25, 0.3) is 0 Å². The normalized spacial score (nSPS) is 10.7. The van der Waals surface area contributed by atoms with Crippen molar-refractivity contribution in [2.24, 2.45) is 0 Å². The average molecular weight is 373 g/mol. The molecule has 1 aromatic heterocycles. The first-order valence-electron chi connectivity index (χ1n) is 6.89. The number of aliphatic carboxylic acids is 1. The van der Waals surface area contributed by atoms with Crippen LogP contribution in [-0.4, -0.2) is 27.9 Å². The standard InChI is InChI=1S/C15H14Cl2N2O5/c1-7(2)9-5-12(18-19-15(9)22)24-14-10(16)3-8(4-11(14)17)23-6-13(20)21/h3-5,7H,6H2,1-2H3,(H,19,22)(H,20,21). The van der Waals surface area contributed by atoms with Gasteiger partial charge in [0.1, 0.15) is 5.75 Å². The highest BCUT2D eigenvalue weighted by Crippen LogP contribution is 2.39. The highest BCUT2D eigenvalue weighted by atomic mass is 35.5. The van der Waals surface area contributed by atoms with Crippen molar-refractivity contribution >= 4 is 29.2 Å². The molecule has 1 aromatic carbocycles. The number of rotatable bonds is 6. The van der Waals surface area contributed by atoms with Crippen LogP contribution in [0.1, 0.15) is 25.3 Å². The van der Waals surface area contributed by atoms with Crippen molar-refractivity contribution in [3.05, 3.63) is 44.2 Å². The Labute approximate surface area is 147 Å². The van der Waals surface area contributed by atoms with Crippen LogP contribution in [0.5, 0.6) is 17.4 Å². The smallest absolute Gasteiger partial charge is 0.341 e. The van der Waals surface area contributed by atoms with E-state index >= 15 is 0 Å². The second-order valence-corrected chi connectivity index (χ2v) is 5.96. The van der Waals surface area contributed by atoms with Crippen LogP contribution in [0.3, 0.4) is 0 Å². The predicted octanol–water partition coefficient (Wildman–Crippen LogP) is 3.46. The first-order valence-corrected chi connectivity index (χ1v) is 7.64. The van der Waals surface area contributed by atoms with Crippen molar-refractivity contribution in [2.75, 3.05) is 6.61 Å². The second-order valence-electron chi connectivity index (χ2n) is 5.15. The van der Waals surface area contributed by atoms with Gasteiger partial charge in [-0.1, -0.05) is 37.0 Å². The van der Waals surface area contributed by atoms with Gasteiger partial charge in [0, 0.05) is 23.8 Å². The van der Waals surface area contributed by atoms with Crippen molar-refractivity contribution in [3.8, 4) is 17.4 Å².